The molecule has 0 bridgehead atoms. The lowest BCUT2D eigenvalue weighted by atomic mass is 9.85. The van der Waals surface area contributed by atoms with Gasteiger partial charge in [0.05, 0.1) is 26.2 Å². The van der Waals surface area contributed by atoms with Crippen LogP contribution in [-0.4, -0.2) is 44.1 Å². The number of imide groups is 1. The number of nitrogens with zero attached hydrogens (tertiary/aromatic N) is 1. The third-order valence-electron chi connectivity index (χ3n) is 6.33. The van der Waals surface area contributed by atoms with Crippen molar-refractivity contribution in [1.29, 1.82) is 0 Å². The molecule has 2 aliphatic heterocycles. The first kappa shape index (κ1) is 17.3. The lowest BCUT2D eigenvalue weighted by Crippen LogP contribution is -3.13. The topological polar surface area (TPSA) is 60.3 Å². The number of amides is 2. The predicted molar refractivity (Wildman–Crippen MR) is 95.0 cm³/mol. The quantitative estimate of drug-likeness (QED) is 0.813. The number of rotatable bonds is 4. The molecule has 6 heteroatoms. The Morgan fingerprint density at radius 3 is 2.38 bits per heavy atom. The van der Waals surface area contributed by atoms with Crippen LogP contribution in [-0.2, 0) is 22.6 Å². The van der Waals surface area contributed by atoms with Gasteiger partial charge in [0.1, 0.15) is 6.54 Å². The molecule has 26 heavy (non-hydrogen) atoms. The molecule has 6 nitrogen and oxygen atoms in total. The van der Waals surface area contributed by atoms with Gasteiger partial charge in [0, 0.05) is 18.4 Å². The van der Waals surface area contributed by atoms with E-state index in [-0.39, 0.29) is 17.2 Å². The van der Waals surface area contributed by atoms with E-state index in [0.29, 0.717) is 13.1 Å². The molecule has 1 aliphatic carbocycles. The fourth-order valence-electron chi connectivity index (χ4n) is 4.85. The standard InChI is InChI=1S/C20H26N2O4/c1-25-16-9-14-5-8-21(12-15(14)10-17(16)26-2)13-22-18(23)11-20(19(22)24)6-3-4-7-20/h9-10H,3-8,11-13H2,1-2H3/p+1. The van der Waals surface area contributed by atoms with E-state index in [0.717, 1.165) is 56.7 Å². The van der Waals surface area contributed by atoms with Gasteiger partial charge >= 0.3 is 0 Å². The molecule has 1 unspecified atom stereocenters. The van der Waals surface area contributed by atoms with E-state index >= 15 is 0 Å². The summed E-state index contributed by atoms with van der Waals surface area (Å²) in [7, 11) is 3.29. The minimum atomic E-state index is -0.374. The van der Waals surface area contributed by atoms with Gasteiger partial charge in [0.2, 0.25) is 11.8 Å². The zero-order valence-electron chi connectivity index (χ0n) is 15.6. The van der Waals surface area contributed by atoms with Crippen LogP contribution in [0.4, 0.5) is 0 Å². The number of hydrogen-bond acceptors (Lipinski definition) is 4. The monoisotopic (exact) mass is 359 g/mol. The van der Waals surface area contributed by atoms with Crippen LogP contribution in [0.1, 0.15) is 43.2 Å². The molecule has 1 saturated heterocycles. The fraction of sp³-hybridized carbons (Fsp3) is 0.600. The molecule has 1 aromatic carbocycles. The summed E-state index contributed by atoms with van der Waals surface area (Å²) in [6.07, 6.45) is 5.22. The SMILES string of the molecule is COc1cc2c(cc1OC)C[NH+](CN1C(=O)CC3(CCCC3)C1=O)CC2. The van der Waals surface area contributed by atoms with Gasteiger partial charge in [-0.2, -0.15) is 0 Å². The van der Waals surface area contributed by atoms with Crippen molar-refractivity contribution in [1.82, 2.24) is 4.90 Å². The highest BCUT2D eigenvalue weighted by molar-refractivity contribution is 6.05. The van der Waals surface area contributed by atoms with Crippen LogP contribution in [0.15, 0.2) is 12.1 Å². The molecule has 0 aromatic heterocycles. The number of methoxy groups -OCH3 is 2. The second-order valence-electron chi connectivity index (χ2n) is 7.85. The third kappa shape index (κ3) is 2.76. The van der Waals surface area contributed by atoms with E-state index in [9.17, 15) is 9.59 Å². The number of likely N-dealkylation sites (tertiary alicyclic amines) is 1. The molecule has 2 fully saturated rings. The molecular formula is C20H27N2O4+. The maximum Gasteiger partial charge on any atom is 0.240 e. The molecule has 140 valence electrons. The van der Waals surface area contributed by atoms with E-state index in [1.54, 1.807) is 14.2 Å². The summed E-state index contributed by atoms with van der Waals surface area (Å²) in [5.74, 6) is 1.57. The van der Waals surface area contributed by atoms with E-state index in [2.05, 4.69) is 0 Å². The molecule has 4 rings (SSSR count). The van der Waals surface area contributed by atoms with E-state index in [4.69, 9.17) is 9.47 Å². The van der Waals surface area contributed by atoms with Crippen molar-refractivity contribution in [3.8, 4) is 11.5 Å². The maximum atomic E-state index is 12.9. The molecule has 0 radical (unpaired) electrons. The van der Waals surface area contributed by atoms with Gasteiger partial charge in [-0.3, -0.25) is 9.59 Å². The van der Waals surface area contributed by atoms with E-state index < -0.39 is 0 Å². The zero-order valence-corrected chi connectivity index (χ0v) is 15.6. The lowest BCUT2D eigenvalue weighted by molar-refractivity contribution is -0.923. The molecule has 1 saturated carbocycles. The highest BCUT2D eigenvalue weighted by Gasteiger charge is 2.53. The predicted octanol–water partition coefficient (Wildman–Crippen LogP) is 0.922. The van der Waals surface area contributed by atoms with Crippen LogP contribution in [0.3, 0.4) is 0 Å². The average Bonchev–Trinajstić information content (AvgIpc) is 3.21. The van der Waals surface area contributed by atoms with E-state index in [1.165, 1.54) is 20.9 Å². The summed E-state index contributed by atoms with van der Waals surface area (Å²) in [5.41, 5.74) is 2.09. The Morgan fingerprint density at radius 2 is 1.73 bits per heavy atom. The van der Waals surface area contributed by atoms with Gasteiger partial charge in [0.15, 0.2) is 18.2 Å². The molecule has 2 heterocycles. The molecule has 1 N–H and O–H groups in total. The summed E-state index contributed by atoms with van der Waals surface area (Å²) in [4.78, 5) is 28.2. The Kier molecular flexibility index (Phi) is 4.39. The van der Waals surface area contributed by atoms with Gasteiger partial charge in [-0.25, -0.2) is 4.90 Å². The van der Waals surface area contributed by atoms with Crippen LogP contribution in [0, 0.1) is 5.41 Å². The number of carbonyl (C=O) groups excluding carboxylic acids is 2. The van der Waals surface area contributed by atoms with Crippen molar-refractivity contribution in [2.24, 2.45) is 5.41 Å². The minimum Gasteiger partial charge on any atom is -0.493 e. The fourth-order valence-corrected chi connectivity index (χ4v) is 4.85. The number of fused-ring (bicyclic) bond motifs is 1. The first-order valence-corrected chi connectivity index (χ1v) is 9.48. The van der Waals surface area contributed by atoms with Crippen LogP contribution < -0.4 is 14.4 Å². The number of ether oxygens (including phenoxy) is 2. The Labute approximate surface area is 154 Å². The number of quaternary nitrogens is 1. The summed E-state index contributed by atoms with van der Waals surface area (Å²) in [5, 5.41) is 0. The molecule has 1 atom stereocenters. The van der Waals surface area contributed by atoms with Gasteiger partial charge in [0.25, 0.3) is 0 Å². The summed E-state index contributed by atoms with van der Waals surface area (Å²) >= 11 is 0. The highest BCUT2D eigenvalue weighted by Crippen LogP contribution is 2.46. The molecular weight excluding hydrogens is 332 g/mol. The second kappa shape index (κ2) is 6.58. The first-order valence-electron chi connectivity index (χ1n) is 9.48. The normalized spacial score (nSPS) is 24.2. The molecule has 1 spiro atoms. The Morgan fingerprint density at radius 1 is 1.08 bits per heavy atom. The van der Waals surface area contributed by atoms with Gasteiger partial charge in [-0.1, -0.05) is 12.8 Å². The Balaban J connectivity index is 1.49. The van der Waals surface area contributed by atoms with Crippen molar-refractivity contribution in [2.75, 3.05) is 27.4 Å². The van der Waals surface area contributed by atoms with Gasteiger partial charge in [-0.15, -0.1) is 0 Å². The number of benzene rings is 1. The second-order valence-corrected chi connectivity index (χ2v) is 7.85. The van der Waals surface area contributed by atoms with Crippen molar-refractivity contribution >= 4 is 11.8 Å². The molecule has 3 aliphatic rings. The Hall–Kier alpha value is -2.08. The van der Waals surface area contributed by atoms with Crippen molar-refractivity contribution < 1.29 is 24.0 Å². The lowest BCUT2D eigenvalue weighted by Gasteiger charge is -2.30. The van der Waals surface area contributed by atoms with Crippen LogP contribution in [0.25, 0.3) is 0 Å². The van der Waals surface area contributed by atoms with Crippen LogP contribution >= 0.6 is 0 Å². The molecule has 2 amide bonds. The summed E-state index contributed by atoms with van der Waals surface area (Å²) < 4.78 is 10.8. The van der Waals surface area contributed by atoms with E-state index in [1.807, 2.05) is 12.1 Å². The third-order valence-corrected chi connectivity index (χ3v) is 6.33. The average molecular weight is 359 g/mol. The number of carbonyl (C=O) groups is 2. The van der Waals surface area contributed by atoms with Crippen LogP contribution in [0.5, 0.6) is 11.5 Å². The van der Waals surface area contributed by atoms with Crippen LogP contribution in [0.2, 0.25) is 0 Å². The summed E-state index contributed by atoms with van der Waals surface area (Å²) in [6.45, 7) is 2.18. The zero-order chi connectivity index (χ0) is 18.3. The minimum absolute atomic E-state index is 0.0162. The van der Waals surface area contributed by atoms with Gasteiger partial charge in [-0.05, 0) is 30.5 Å². The Bertz CT molecular complexity index is 740. The number of hydrogen-bond donors (Lipinski definition) is 1. The number of nitrogens with one attached hydrogen (secondary N) is 1. The summed E-state index contributed by atoms with van der Waals surface area (Å²) in [6, 6.07) is 4.07. The smallest absolute Gasteiger partial charge is 0.240 e. The van der Waals surface area contributed by atoms with Gasteiger partial charge < -0.3 is 14.4 Å². The highest BCUT2D eigenvalue weighted by atomic mass is 16.5. The molecule has 1 aromatic rings. The van der Waals surface area contributed by atoms with Crippen molar-refractivity contribution in [3.63, 3.8) is 0 Å². The maximum absolute atomic E-state index is 12.9. The van der Waals surface area contributed by atoms with Crippen molar-refractivity contribution in [2.45, 2.75) is 45.1 Å². The van der Waals surface area contributed by atoms with Crippen molar-refractivity contribution in [3.05, 3.63) is 23.3 Å². The first-order chi connectivity index (χ1) is 12.6. The largest absolute Gasteiger partial charge is 0.493 e.